The summed E-state index contributed by atoms with van der Waals surface area (Å²) in [6, 6.07) is -0.0111. The third kappa shape index (κ3) is 2.72. The van der Waals surface area contributed by atoms with Gasteiger partial charge < -0.3 is 20.6 Å². The van der Waals surface area contributed by atoms with Crippen molar-refractivity contribution in [2.45, 2.75) is 25.6 Å². The molecule has 2 aromatic rings. The summed E-state index contributed by atoms with van der Waals surface area (Å²) in [4.78, 5) is 8.19. The van der Waals surface area contributed by atoms with E-state index in [-0.39, 0.29) is 12.1 Å². The summed E-state index contributed by atoms with van der Waals surface area (Å²) in [5.74, 6) is 0. The van der Waals surface area contributed by atoms with E-state index >= 15 is 0 Å². The first-order valence-electron chi connectivity index (χ1n) is 5.62. The molecule has 0 aliphatic rings. The van der Waals surface area contributed by atoms with E-state index in [1.54, 1.807) is 18.9 Å². The van der Waals surface area contributed by atoms with Crippen LogP contribution in [0.1, 0.15) is 11.7 Å². The molecule has 0 aromatic carbocycles. The minimum absolute atomic E-state index is 0.0557. The topological polar surface area (TPSA) is 87.7 Å². The molecule has 2 aromatic heterocycles. The summed E-state index contributed by atoms with van der Waals surface area (Å²) >= 11 is 0. The van der Waals surface area contributed by atoms with Crippen molar-refractivity contribution in [2.24, 2.45) is 11.5 Å². The van der Waals surface area contributed by atoms with Gasteiger partial charge >= 0.3 is 0 Å². The number of nitrogens with zero attached hydrogens (tertiary/aromatic N) is 4. The second kappa shape index (κ2) is 5.11. The van der Waals surface area contributed by atoms with Crippen LogP contribution in [-0.2, 0) is 6.54 Å². The van der Waals surface area contributed by atoms with Crippen LogP contribution in [-0.4, -0.2) is 31.7 Å². The van der Waals surface area contributed by atoms with Crippen molar-refractivity contribution < 1.29 is 0 Å². The monoisotopic (exact) mass is 234 g/mol. The van der Waals surface area contributed by atoms with Gasteiger partial charge in [-0.25, -0.2) is 9.97 Å². The van der Waals surface area contributed by atoms with Gasteiger partial charge in [-0.15, -0.1) is 0 Å². The normalized spacial score (nSPS) is 14.8. The van der Waals surface area contributed by atoms with Crippen LogP contribution in [0.25, 0.3) is 0 Å². The van der Waals surface area contributed by atoms with Gasteiger partial charge in [0.1, 0.15) is 0 Å². The van der Waals surface area contributed by atoms with E-state index < -0.39 is 0 Å². The molecule has 0 aliphatic heterocycles. The van der Waals surface area contributed by atoms with Crippen LogP contribution in [0.2, 0.25) is 0 Å². The molecule has 0 radical (unpaired) electrons. The van der Waals surface area contributed by atoms with Gasteiger partial charge in [0.15, 0.2) is 0 Å². The highest BCUT2D eigenvalue weighted by molar-refractivity contribution is 4.94. The molecule has 4 N–H and O–H groups in total. The second-order valence-corrected chi connectivity index (χ2v) is 4.19. The highest BCUT2D eigenvalue weighted by Gasteiger charge is 2.18. The van der Waals surface area contributed by atoms with E-state index in [0.717, 1.165) is 5.69 Å². The van der Waals surface area contributed by atoms with Crippen molar-refractivity contribution >= 4 is 0 Å². The summed E-state index contributed by atoms with van der Waals surface area (Å²) in [6.45, 7) is 3.14. The SMILES string of the molecule is Cc1cn(CC(N)C(CN)n2ccnc2)cn1. The Balaban J connectivity index is 2.05. The maximum absolute atomic E-state index is 6.18. The van der Waals surface area contributed by atoms with E-state index in [0.29, 0.717) is 13.1 Å². The summed E-state index contributed by atoms with van der Waals surface area (Å²) in [5.41, 5.74) is 12.9. The number of hydrogen-bond donors (Lipinski definition) is 2. The molecule has 0 aliphatic carbocycles. The van der Waals surface area contributed by atoms with Crippen molar-refractivity contribution in [3.63, 3.8) is 0 Å². The molecule has 0 amide bonds. The van der Waals surface area contributed by atoms with Gasteiger partial charge in [0, 0.05) is 37.7 Å². The molecule has 0 spiro atoms. The highest BCUT2D eigenvalue weighted by atomic mass is 15.1. The van der Waals surface area contributed by atoms with Gasteiger partial charge in [0.2, 0.25) is 0 Å². The van der Waals surface area contributed by atoms with Crippen molar-refractivity contribution in [2.75, 3.05) is 6.54 Å². The van der Waals surface area contributed by atoms with Crippen molar-refractivity contribution in [1.82, 2.24) is 19.1 Å². The largest absolute Gasteiger partial charge is 0.336 e. The van der Waals surface area contributed by atoms with Crippen LogP contribution < -0.4 is 11.5 Å². The number of rotatable bonds is 5. The fraction of sp³-hybridized carbons (Fsp3) is 0.455. The first-order valence-corrected chi connectivity index (χ1v) is 5.62. The van der Waals surface area contributed by atoms with Gasteiger partial charge in [0.25, 0.3) is 0 Å². The number of aryl methyl sites for hydroxylation is 1. The predicted molar refractivity (Wildman–Crippen MR) is 65.3 cm³/mol. The maximum Gasteiger partial charge on any atom is 0.0949 e. The smallest absolute Gasteiger partial charge is 0.0949 e. The van der Waals surface area contributed by atoms with Crippen LogP contribution in [0.4, 0.5) is 0 Å². The average Bonchev–Trinajstić information content (AvgIpc) is 2.92. The number of aromatic nitrogens is 4. The van der Waals surface area contributed by atoms with Gasteiger partial charge in [-0.3, -0.25) is 0 Å². The minimum Gasteiger partial charge on any atom is -0.336 e. The Morgan fingerprint density at radius 3 is 2.76 bits per heavy atom. The molecule has 17 heavy (non-hydrogen) atoms. The Morgan fingerprint density at radius 2 is 2.24 bits per heavy atom. The Kier molecular flexibility index (Phi) is 3.55. The molecule has 0 bridgehead atoms. The lowest BCUT2D eigenvalue weighted by molar-refractivity contribution is 0.378. The molecule has 0 saturated carbocycles. The lowest BCUT2D eigenvalue weighted by Gasteiger charge is -2.23. The molecule has 0 saturated heterocycles. The van der Waals surface area contributed by atoms with Crippen LogP contribution in [0.3, 0.4) is 0 Å². The summed E-state index contributed by atoms with van der Waals surface area (Å²) in [7, 11) is 0. The first-order chi connectivity index (χ1) is 8.20. The molecule has 92 valence electrons. The Bertz CT molecular complexity index is 446. The summed E-state index contributed by atoms with van der Waals surface area (Å²) in [6.07, 6.45) is 9.13. The van der Waals surface area contributed by atoms with Gasteiger partial charge in [-0.2, -0.15) is 0 Å². The van der Waals surface area contributed by atoms with Crippen LogP contribution >= 0.6 is 0 Å². The van der Waals surface area contributed by atoms with Gasteiger partial charge in [0.05, 0.1) is 24.4 Å². The van der Waals surface area contributed by atoms with Crippen LogP contribution in [0.5, 0.6) is 0 Å². The maximum atomic E-state index is 6.18. The van der Waals surface area contributed by atoms with Crippen LogP contribution in [0, 0.1) is 6.92 Å². The fourth-order valence-corrected chi connectivity index (χ4v) is 1.92. The quantitative estimate of drug-likeness (QED) is 0.757. The Labute approximate surface area is 100 Å². The molecule has 2 unspecified atom stereocenters. The van der Waals surface area contributed by atoms with E-state index in [4.69, 9.17) is 11.5 Å². The standard InChI is InChI=1S/C11H18N6/c1-9-5-16(8-15-9)6-10(13)11(4-12)17-3-2-14-7-17/h2-3,5,7-8,10-11H,4,6,12-13H2,1H3. The zero-order valence-corrected chi connectivity index (χ0v) is 9.90. The minimum atomic E-state index is -0.0669. The van der Waals surface area contributed by atoms with Crippen molar-refractivity contribution in [3.05, 3.63) is 36.9 Å². The zero-order valence-electron chi connectivity index (χ0n) is 9.90. The van der Waals surface area contributed by atoms with Gasteiger partial charge in [-0.1, -0.05) is 0 Å². The molecule has 2 atom stereocenters. The first kappa shape index (κ1) is 11.8. The Hall–Kier alpha value is -1.66. The average molecular weight is 234 g/mol. The third-order valence-electron chi connectivity index (χ3n) is 2.83. The molecule has 6 heteroatoms. The van der Waals surface area contributed by atoms with Crippen molar-refractivity contribution in [1.29, 1.82) is 0 Å². The van der Waals surface area contributed by atoms with E-state index in [2.05, 4.69) is 9.97 Å². The fourth-order valence-electron chi connectivity index (χ4n) is 1.92. The van der Waals surface area contributed by atoms with Crippen LogP contribution in [0.15, 0.2) is 31.2 Å². The summed E-state index contributed by atoms with van der Waals surface area (Å²) < 4.78 is 3.94. The van der Waals surface area contributed by atoms with E-state index in [9.17, 15) is 0 Å². The second-order valence-electron chi connectivity index (χ2n) is 4.19. The number of imidazole rings is 2. The van der Waals surface area contributed by atoms with Crippen molar-refractivity contribution in [3.8, 4) is 0 Å². The third-order valence-corrected chi connectivity index (χ3v) is 2.83. The molecular formula is C11H18N6. The molecule has 2 rings (SSSR count). The van der Waals surface area contributed by atoms with E-state index in [1.165, 1.54) is 0 Å². The predicted octanol–water partition coefficient (Wildman–Crippen LogP) is -0.0847. The van der Waals surface area contributed by atoms with Gasteiger partial charge in [-0.05, 0) is 6.92 Å². The lowest BCUT2D eigenvalue weighted by Crippen LogP contribution is -2.39. The zero-order chi connectivity index (χ0) is 12.3. The number of nitrogens with two attached hydrogens (primary N) is 2. The molecular weight excluding hydrogens is 216 g/mol. The molecule has 2 heterocycles. The molecule has 0 fully saturated rings. The summed E-state index contributed by atoms with van der Waals surface area (Å²) in [5, 5.41) is 0. The Morgan fingerprint density at radius 1 is 1.41 bits per heavy atom. The number of hydrogen-bond acceptors (Lipinski definition) is 4. The van der Waals surface area contributed by atoms with E-state index in [1.807, 2.05) is 28.5 Å². The highest BCUT2D eigenvalue weighted by Crippen LogP contribution is 2.10. The lowest BCUT2D eigenvalue weighted by atomic mass is 10.1. The molecule has 6 nitrogen and oxygen atoms in total.